The fourth-order valence-electron chi connectivity index (χ4n) is 4.09. The lowest BCUT2D eigenvalue weighted by Gasteiger charge is -2.32. The molecule has 0 unspecified atom stereocenters. The van der Waals surface area contributed by atoms with Gasteiger partial charge in [0.2, 0.25) is 0 Å². The highest BCUT2D eigenvalue weighted by Gasteiger charge is 2.30. The summed E-state index contributed by atoms with van der Waals surface area (Å²) in [6, 6.07) is 0. The maximum absolute atomic E-state index is 11.8. The van der Waals surface area contributed by atoms with E-state index in [-0.39, 0.29) is 6.15 Å². The van der Waals surface area contributed by atoms with E-state index >= 15 is 0 Å². The Morgan fingerprint density at radius 2 is 0.347 bits per heavy atom. The molecule has 0 fully saturated rings. The summed E-state index contributed by atoms with van der Waals surface area (Å²) in [6.07, 6.45) is -7.50. The molecule has 0 bridgehead atoms. The third kappa shape index (κ3) is 34.3. The van der Waals surface area contributed by atoms with Gasteiger partial charge in [0.15, 0.2) is 0 Å². The quantitative estimate of drug-likeness (QED) is 0.0381. The molecule has 0 saturated carbocycles. The zero-order valence-corrected chi connectivity index (χ0v) is 32.4. The molecular weight excluding hydrogens is 817 g/mol. The van der Waals surface area contributed by atoms with Crippen molar-refractivity contribution in [2.45, 2.75) is 0 Å². The van der Waals surface area contributed by atoms with Crippen LogP contribution in [0.1, 0.15) is 0 Å². The molecule has 0 aromatic rings. The van der Waals surface area contributed by atoms with Gasteiger partial charge in [0, 0.05) is 52.4 Å². The van der Waals surface area contributed by atoms with Crippen molar-refractivity contribution in [3.8, 4) is 0 Å². The van der Waals surface area contributed by atoms with Crippen molar-refractivity contribution in [2.75, 3.05) is 96.4 Å². The fourth-order valence-corrected chi connectivity index (χ4v) is 9.86. The second kappa shape index (κ2) is 21.0. The molecule has 49 heavy (non-hydrogen) atoms. The average molecular weight is 865 g/mol. The van der Waals surface area contributed by atoms with E-state index in [0.717, 1.165) is 14.7 Å². The average Bonchev–Trinajstić information content (AvgIpc) is 2.75. The standard InChI is InChI=1S/C15H44N5O21P7.H3N/c21-42(22,23)9-16(1-3-17(10-43(24,25)26)5-7-19(12-45(30,31)32)13-46(33,34)35)2-4-18(11-44(27,28)29)6-8-20(14-47(36,37)38)15-48(39,40)41;/h1-15H2,(H2,21,22,23)(H2,24,25,26)(H2,27,28,29)(H2,30,31,32)(H2,33,34,35)(H2,36,37,38)(H2,39,40,41);1H3/p+1. The van der Waals surface area contributed by atoms with E-state index in [1.165, 1.54) is 0 Å². The first kappa shape index (κ1) is 51.9. The Hall–Kier alpha value is 0.810. The fraction of sp³-hybridized carbons (Fsp3) is 1.00. The molecule has 0 heterocycles. The van der Waals surface area contributed by atoms with E-state index < -0.39 is 150 Å². The normalized spacial score (nSPS) is 14.4. The second-order valence-corrected chi connectivity index (χ2v) is 22.1. The van der Waals surface area contributed by atoms with E-state index in [1.54, 1.807) is 0 Å². The van der Waals surface area contributed by atoms with Gasteiger partial charge in [-0.3, -0.25) is 56.5 Å². The molecule has 0 aromatic heterocycles. The first-order chi connectivity index (χ1) is 21.1. The SMILES string of the molecule is O=P(O)(O)CN(CCN(CCN(CP(=O)(O)O)CP(=O)(O)O)CP(=O)(O)O)CCN(CCN(CP(=O)(O)O)CP(=O)(O)O)CP(=O)(O)O.[NH4+]. The summed E-state index contributed by atoms with van der Waals surface area (Å²) in [7, 11) is -34.0. The van der Waals surface area contributed by atoms with Gasteiger partial charge in [-0.1, -0.05) is 0 Å². The molecule has 0 aromatic carbocycles. The molecule has 0 rings (SSSR count). The zero-order valence-electron chi connectivity index (χ0n) is 26.1. The lowest BCUT2D eigenvalue weighted by molar-refractivity contribution is 0.172. The van der Waals surface area contributed by atoms with E-state index in [1.807, 2.05) is 0 Å². The van der Waals surface area contributed by atoms with E-state index in [9.17, 15) is 100 Å². The van der Waals surface area contributed by atoms with Gasteiger partial charge in [0.25, 0.3) is 0 Å². The topological polar surface area (TPSA) is 455 Å². The van der Waals surface area contributed by atoms with E-state index in [0.29, 0.717) is 9.80 Å². The van der Waals surface area contributed by atoms with Gasteiger partial charge in [0.05, 0.1) is 0 Å². The summed E-state index contributed by atoms with van der Waals surface area (Å²) in [5.74, 6) is 0. The van der Waals surface area contributed by atoms with Crippen molar-refractivity contribution < 1.29 is 100 Å². The number of quaternary nitrogens is 1. The maximum atomic E-state index is 11.8. The second-order valence-electron chi connectivity index (χ2n) is 10.8. The van der Waals surface area contributed by atoms with Gasteiger partial charge in [-0.15, -0.1) is 0 Å². The van der Waals surface area contributed by atoms with Crippen molar-refractivity contribution in [3.05, 3.63) is 0 Å². The molecule has 0 aliphatic heterocycles. The molecule has 0 aliphatic rings. The van der Waals surface area contributed by atoms with Crippen molar-refractivity contribution in [1.29, 1.82) is 0 Å². The van der Waals surface area contributed by atoms with Gasteiger partial charge in [-0.25, -0.2) is 0 Å². The highest BCUT2D eigenvalue weighted by atomic mass is 31.2. The largest absolute Gasteiger partial charge is 0.369 e. The van der Waals surface area contributed by atoms with Gasteiger partial charge < -0.3 is 74.7 Å². The van der Waals surface area contributed by atoms with Crippen LogP contribution >= 0.6 is 53.2 Å². The predicted molar refractivity (Wildman–Crippen MR) is 172 cm³/mol. The van der Waals surface area contributed by atoms with E-state index in [2.05, 4.69) is 0 Å². The molecule has 0 radical (unpaired) electrons. The molecular formula is C15H48N6O21P7+. The first-order valence-corrected chi connectivity index (χ1v) is 25.6. The lowest BCUT2D eigenvalue weighted by Crippen LogP contribution is -2.44. The molecule has 0 saturated heterocycles. The third-order valence-corrected chi connectivity index (χ3v) is 11.0. The van der Waals surface area contributed by atoms with Crippen LogP contribution in [-0.2, 0) is 32.0 Å². The summed E-state index contributed by atoms with van der Waals surface area (Å²) in [5.41, 5.74) is 0. The van der Waals surface area contributed by atoms with Crippen LogP contribution in [-0.4, -0.2) is 189 Å². The predicted octanol–water partition coefficient (Wildman–Crippen LogP) is -3.18. The Bertz CT molecular complexity index is 1200. The smallest absolute Gasteiger partial charge is 0.339 e. The number of hydrogen-bond donors (Lipinski definition) is 15. The number of rotatable bonds is 26. The number of hydrogen-bond acceptors (Lipinski definition) is 12. The van der Waals surface area contributed by atoms with Crippen LogP contribution in [0.3, 0.4) is 0 Å². The zero-order chi connectivity index (χ0) is 38.0. The summed E-state index contributed by atoms with van der Waals surface area (Å²) in [6.45, 7) is -3.65. The monoisotopic (exact) mass is 865 g/mol. The summed E-state index contributed by atoms with van der Waals surface area (Å²) < 4.78 is 81.0. The van der Waals surface area contributed by atoms with Gasteiger partial charge in [-0.05, 0) is 0 Å². The Labute approximate surface area is 280 Å². The minimum absolute atomic E-state index is 0. The van der Waals surface area contributed by atoms with Crippen LogP contribution in [0, 0.1) is 0 Å². The first-order valence-electron chi connectivity index (χ1n) is 13.0. The molecule has 0 spiro atoms. The Balaban J connectivity index is 0. The molecule has 27 nitrogen and oxygen atoms in total. The Morgan fingerprint density at radius 3 is 0.469 bits per heavy atom. The molecule has 18 N–H and O–H groups in total. The highest BCUT2D eigenvalue weighted by molar-refractivity contribution is 7.53. The van der Waals surface area contributed by atoms with Crippen LogP contribution in [0.15, 0.2) is 0 Å². The van der Waals surface area contributed by atoms with Crippen LogP contribution in [0.25, 0.3) is 0 Å². The Kier molecular flexibility index (Phi) is 22.3. The van der Waals surface area contributed by atoms with E-state index in [4.69, 9.17) is 0 Å². The van der Waals surface area contributed by atoms with Crippen molar-refractivity contribution in [1.82, 2.24) is 30.7 Å². The van der Waals surface area contributed by atoms with Crippen molar-refractivity contribution in [3.63, 3.8) is 0 Å². The minimum Gasteiger partial charge on any atom is -0.369 e. The van der Waals surface area contributed by atoms with Crippen LogP contribution < -0.4 is 6.15 Å². The van der Waals surface area contributed by atoms with Crippen molar-refractivity contribution in [2.24, 2.45) is 0 Å². The van der Waals surface area contributed by atoms with Gasteiger partial charge in [0.1, 0.15) is 44.0 Å². The van der Waals surface area contributed by atoms with Crippen molar-refractivity contribution >= 4 is 53.2 Å². The molecule has 0 atom stereocenters. The lowest BCUT2D eigenvalue weighted by atomic mass is 10.4. The van der Waals surface area contributed by atoms with Crippen LogP contribution in [0.5, 0.6) is 0 Å². The minimum atomic E-state index is -4.86. The Morgan fingerprint density at radius 1 is 0.245 bits per heavy atom. The molecule has 34 heteroatoms. The van der Waals surface area contributed by atoms with Gasteiger partial charge in [-0.2, -0.15) is 0 Å². The number of nitrogens with zero attached hydrogens (tertiary/aromatic N) is 5. The van der Waals surface area contributed by atoms with Crippen LogP contribution in [0.4, 0.5) is 0 Å². The molecule has 298 valence electrons. The molecule has 0 amide bonds. The molecule has 0 aliphatic carbocycles. The summed E-state index contributed by atoms with van der Waals surface area (Å²) in [4.78, 5) is 135. The van der Waals surface area contributed by atoms with Gasteiger partial charge >= 0.3 is 53.2 Å². The summed E-state index contributed by atoms with van der Waals surface area (Å²) in [5, 5.41) is 0. The van der Waals surface area contributed by atoms with Crippen LogP contribution in [0.2, 0.25) is 0 Å². The third-order valence-electron chi connectivity index (χ3n) is 5.62. The highest BCUT2D eigenvalue weighted by Crippen LogP contribution is 2.42. The summed E-state index contributed by atoms with van der Waals surface area (Å²) >= 11 is 0. The maximum Gasteiger partial charge on any atom is 0.339 e.